The molecule has 0 unspecified atom stereocenters. The minimum Gasteiger partial charge on any atom is -0.473 e. The highest BCUT2D eigenvalue weighted by Gasteiger charge is 1.85. The summed E-state index contributed by atoms with van der Waals surface area (Å²) in [4.78, 5) is 3.98. The summed E-state index contributed by atoms with van der Waals surface area (Å²) in [5.41, 5.74) is 2.39. The molecule has 0 amide bonds. The van der Waals surface area contributed by atoms with E-state index in [-0.39, 0.29) is 0 Å². The van der Waals surface area contributed by atoms with E-state index in [2.05, 4.69) is 77.0 Å². The van der Waals surface area contributed by atoms with Crippen LogP contribution in [0.2, 0.25) is 0 Å². The van der Waals surface area contributed by atoms with Crippen molar-refractivity contribution < 1.29 is 4.42 Å². The van der Waals surface area contributed by atoms with Crippen molar-refractivity contribution in [2.24, 2.45) is 0 Å². The second-order valence-electron chi connectivity index (χ2n) is 7.06. The molecule has 0 aliphatic carbocycles. The van der Waals surface area contributed by atoms with E-state index in [0.717, 1.165) is 5.69 Å². The van der Waals surface area contributed by atoms with Crippen LogP contribution >= 0.6 is 11.3 Å². The minimum atomic E-state index is 1.07. The molecule has 0 saturated carbocycles. The standard InChI is InChI=1S/C10H8.C7H8.C6H7N.C4H4O.C4H4S.16C2H6/c1-2-6-10-8-4-3-7-9(10)5-1;1-7-5-3-2-4-6-7;1-6-4-2-3-5-7-6;2*1-2-4-5-3-1;16*1-2/h1-8H;2-6H,1H3;2-5H,1H3;2*1-4H;16*1-2H3. The van der Waals surface area contributed by atoms with E-state index in [9.17, 15) is 0 Å². The van der Waals surface area contributed by atoms with E-state index >= 15 is 0 Å². The Bertz CT molecular complexity index is 1040. The van der Waals surface area contributed by atoms with Crippen LogP contribution in [0.5, 0.6) is 0 Å². The number of aromatic nitrogens is 1. The van der Waals surface area contributed by atoms with Crippen LogP contribution in [-0.2, 0) is 0 Å². The molecule has 0 bridgehead atoms. The van der Waals surface area contributed by atoms with Crippen LogP contribution in [0, 0.1) is 13.8 Å². The molecule has 0 saturated heterocycles. The number of nitrogens with zero attached hydrogens (tertiary/aromatic N) is 1. The molecule has 3 aromatic heterocycles. The fraction of sp³-hybridized carbons (Fsp3) is 0.540. The molecule has 6 rings (SSSR count). The summed E-state index contributed by atoms with van der Waals surface area (Å²) in [6.45, 7) is 68.1. The monoisotopic (exact) mass is 946 g/mol. The van der Waals surface area contributed by atoms with Crippen molar-refractivity contribution >= 4 is 22.1 Å². The molecule has 3 aromatic carbocycles. The number of rotatable bonds is 0. The van der Waals surface area contributed by atoms with Gasteiger partial charge in [0.15, 0.2) is 0 Å². The van der Waals surface area contributed by atoms with Gasteiger partial charge in [0.05, 0.1) is 12.5 Å². The van der Waals surface area contributed by atoms with Gasteiger partial charge >= 0.3 is 0 Å². The van der Waals surface area contributed by atoms with Crippen LogP contribution in [0.1, 0.15) is 233 Å². The van der Waals surface area contributed by atoms with E-state index in [0.29, 0.717) is 0 Å². The van der Waals surface area contributed by atoms with Gasteiger partial charge in [0.2, 0.25) is 0 Å². The largest absolute Gasteiger partial charge is 0.473 e. The normalized spacial score (nSPS) is 6.03. The molecule has 2 nitrogen and oxygen atoms in total. The lowest BCUT2D eigenvalue weighted by Gasteiger charge is -1.92. The number of fused-ring (bicyclic) bond motifs is 1. The summed E-state index contributed by atoms with van der Waals surface area (Å²) in [6.07, 6.45) is 5.04. The maximum Gasteiger partial charge on any atom is 0.0902 e. The third kappa shape index (κ3) is 131. The predicted octanol–water partition coefficient (Wildman–Crippen LogP) is 25.7. The van der Waals surface area contributed by atoms with Gasteiger partial charge in [-0.3, -0.25) is 4.98 Å². The molecule has 0 atom stereocenters. The number of hydrogen-bond acceptors (Lipinski definition) is 3. The van der Waals surface area contributed by atoms with Crippen LogP contribution in [0.25, 0.3) is 10.8 Å². The topological polar surface area (TPSA) is 26.0 Å². The third-order valence-electron chi connectivity index (χ3n) is 4.26. The van der Waals surface area contributed by atoms with E-state index < -0.39 is 0 Å². The highest BCUT2D eigenvalue weighted by molar-refractivity contribution is 7.07. The summed E-state index contributed by atoms with van der Waals surface area (Å²) in [6, 6.07) is 40.5. The molecule has 396 valence electrons. The lowest BCUT2D eigenvalue weighted by molar-refractivity contribution is 0.567. The van der Waals surface area contributed by atoms with Gasteiger partial charge in [0, 0.05) is 11.9 Å². The maximum atomic E-state index is 4.58. The molecular formula is C63H127NOS. The summed E-state index contributed by atoms with van der Waals surface area (Å²) in [5, 5.41) is 6.70. The lowest BCUT2D eigenvalue weighted by Crippen LogP contribution is -1.72. The number of hydrogen-bond donors (Lipinski definition) is 0. The van der Waals surface area contributed by atoms with Gasteiger partial charge in [-0.25, -0.2) is 0 Å². The summed E-state index contributed by atoms with van der Waals surface area (Å²) in [7, 11) is 0. The average Bonchev–Trinajstić information content (AvgIpc) is 4.29. The molecule has 0 aliphatic rings. The Hall–Kier alpha value is -3.95. The van der Waals surface area contributed by atoms with Gasteiger partial charge in [-0.1, -0.05) is 324 Å². The molecular weight excluding hydrogens is 819 g/mol. The van der Waals surface area contributed by atoms with Crippen LogP contribution < -0.4 is 0 Å². The lowest BCUT2D eigenvalue weighted by atomic mass is 10.1. The summed E-state index contributed by atoms with van der Waals surface area (Å²) >= 11 is 1.71. The predicted molar refractivity (Wildman–Crippen MR) is 329 cm³/mol. The number of thiophene rings is 1. The van der Waals surface area contributed by atoms with Crippen LogP contribution in [0.15, 0.2) is 155 Å². The second kappa shape index (κ2) is 169. The summed E-state index contributed by atoms with van der Waals surface area (Å²) < 4.78 is 4.58. The first kappa shape index (κ1) is 104. The van der Waals surface area contributed by atoms with Crippen molar-refractivity contribution in [2.75, 3.05) is 0 Å². The molecule has 6 aromatic rings. The van der Waals surface area contributed by atoms with Crippen LogP contribution in [-0.4, -0.2) is 4.98 Å². The molecule has 0 fully saturated rings. The van der Waals surface area contributed by atoms with Crippen molar-refractivity contribution in [2.45, 2.75) is 235 Å². The SMILES string of the molecule is CC.CC.CC.CC.CC.CC.CC.CC.CC.CC.CC.CC.CC.CC.CC.CC.Cc1ccccc1.Cc1ccccn1.c1ccc2ccccc2c1.c1ccoc1.c1ccsc1. The minimum absolute atomic E-state index is 1.07. The van der Waals surface area contributed by atoms with Crippen LogP contribution in [0.3, 0.4) is 0 Å². The molecule has 0 spiro atoms. The molecule has 66 heavy (non-hydrogen) atoms. The Morgan fingerprint density at radius 1 is 0.288 bits per heavy atom. The zero-order valence-electron chi connectivity index (χ0n) is 51.7. The van der Waals surface area contributed by atoms with Gasteiger partial charge in [0.1, 0.15) is 0 Å². The van der Waals surface area contributed by atoms with Gasteiger partial charge < -0.3 is 4.42 Å². The summed E-state index contributed by atoms with van der Waals surface area (Å²) in [5.74, 6) is 0. The van der Waals surface area contributed by atoms with Crippen molar-refractivity contribution in [3.8, 4) is 0 Å². The second-order valence-corrected chi connectivity index (χ2v) is 7.88. The van der Waals surface area contributed by atoms with Crippen molar-refractivity contribution in [1.82, 2.24) is 4.98 Å². The van der Waals surface area contributed by atoms with Gasteiger partial charge in [0.25, 0.3) is 0 Å². The first-order chi connectivity index (χ1) is 32.8. The van der Waals surface area contributed by atoms with E-state index in [4.69, 9.17) is 0 Å². The highest BCUT2D eigenvalue weighted by Crippen LogP contribution is 2.11. The van der Waals surface area contributed by atoms with Crippen molar-refractivity contribution in [3.63, 3.8) is 0 Å². The van der Waals surface area contributed by atoms with E-state index in [1.807, 2.05) is 300 Å². The smallest absolute Gasteiger partial charge is 0.0902 e. The Morgan fingerprint density at radius 3 is 0.682 bits per heavy atom. The van der Waals surface area contributed by atoms with Crippen molar-refractivity contribution in [1.29, 1.82) is 0 Å². The van der Waals surface area contributed by atoms with Crippen LogP contribution in [0.4, 0.5) is 0 Å². The van der Waals surface area contributed by atoms with Gasteiger partial charge in [-0.15, -0.1) is 0 Å². The fourth-order valence-electron chi connectivity index (χ4n) is 2.57. The zero-order chi connectivity index (χ0) is 56.1. The molecule has 0 aliphatic heterocycles. The Labute approximate surface area is 427 Å². The quantitative estimate of drug-likeness (QED) is 0.152. The Balaban J connectivity index is -0.0000000333. The third-order valence-corrected chi connectivity index (χ3v) is 4.89. The Morgan fingerprint density at radius 2 is 0.545 bits per heavy atom. The Kier molecular flexibility index (Phi) is 268. The van der Waals surface area contributed by atoms with E-state index in [1.165, 1.54) is 16.3 Å². The molecule has 3 heteroatoms. The van der Waals surface area contributed by atoms with E-state index in [1.54, 1.807) is 30.1 Å². The molecule has 3 heterocycles. The van der Waals surface area contributed by atoms with Crippen molar-refractivity contribution in [3.05, 3.63) is 162 Å². The number of pyridine rings is 1. The number of furan rings is 1. The van der Waals surface area contributed by atoms with Gasteiger partial charge in [-0.05, 0) is 59.6 Å². The molecule has 0 N–H and O–H groups in total. The fourth-order valence-corrected chi connectivity index (χ4v) is 3.02. The first-order valence-corrected chi connectivity index (χ1v) is 28.0. The number of benzene rings is 3. The van der Waals surface area contributed by atoms with Gasteiger partial charge in [-0.2, -0.15) is 11.3 Å². The zero-order valence-corrected chi connectivity index (χ0v) is 52.5. The highest BCUT2D eigenvalue weighted by atomic mass is 32.1. The average molecular weight is 947 g/mol. The first-order valence-electron chi connectivity index (χ1n) is 27.0. The maximum absolute atomic E-state index is 4.58. The number of aryl methyl sites for hydroxylation is 2. The molecule has 0 radical (unpaired) electrons.